The van der Waals surface area contributed by atoms with Gasteiger partial charge >= 0.3 is 0 Å². The molecule has 11 heavy (non-hydrogen) atoms. The van der Waals surface area contributed by atoms with Crippen LogP contribution in [-0.4, -0.2) is 17.8 Å². The van der Waals surface area contributed by atoms with Gasteiger partial charge in [-0.25, -0.2) is 4.99 Å². The molecule has 0 aromatic carbocycles. The van der Waals surface area contributed by atoms with E-state index >= 15 is 0 Å². The van der Waals surface area contributed by atoms with Crippen LogP contribution in [0, 0.1) is 0 Å². The Balaban J connectivity index is 3.85. The van der Waals surface area contributed by atoms with Gasteiger partial charge in [-0.05, 0) is 6.58 Å². The molecule has 0 bridgehead atoms. The molecule has 0 aliphatic carbocycles. The normalized spacial score (nSPS) is 14.7. The predicted molar refractivity (Wildman–Crippen MR) is 44.8 cm³/mol. The number of hydrogen-bond acceptors (Lipinski definition) is 2. The van der Waals surface area contributed by atoms with Crippen molar-refractivity contribution in [1.29, 1.82) is 0 Å². The van der Waals surface area contributed by atoms with Crippen LogP contribution in [0.3, 0.4) is 0 Å². The highest BCUT2D eigenvalue weighted by molar-refractivity contribution is 6.65. The molecule has 0 aliphatic heterocycles. The fraction of sp³-hybridized carbons (Fsp3) is 0.500. The first-order valence-corrected chi connectivity index (χ1v) is 3.62. The van der Waals surface area contributed by atoms with Crippen LogP contribution in [0.1, 0.15) is 6.42 Å². The zero-order valence-corrected chi connectivity index (χ0v) is 7.49. The van der Waals surface area contributed by atoms with E-state index in [4.69, 9.17) is 23.2 Å². The quantitative estimate of drug-likeness (QED) is 0.388. The first-order valence-electron chi connectivity index (χ1n) is 2.80. The lowest BCUT2D eigenvalue weighted by Crippen LogP contribution is -2.05. The van der Waals surface area contributed by atoms with Crippen LogP contribution in [0.15, 0.2) is 17.5 Å². The van der Waals surface area contributed by atoms with Crippen LogP contribution in [0.2, 0.25) is 0 Å². The summed E-state index contributed by atoms with van der Waals surface area (Å²) in [4.78, 5) is 3.22. The average Bonchev–Trinajstić information content (AvgIpc) is 1.85. The molecule has 2 nitrogen and oxygen atoms in total. The number of aliphatic imine (C=N–C) groups is 1. The van der Waals surface area contributed by atoms with E-state index in [9.17, 15) is 4.39 Å². The third-order valence-electron chi connectivity index (χ3n) is 0.827. The minimum absolute atomic E-state index is 0.0411. The van der Waals surface area contributed by atoms with E-state index < -0.39 is 11.5 Å². The van der Waals surface area contributed by atoms with Crippen LogP contribution < -0.4 is 0 Å². The Morgan fingerprint density at radius 3 is 2.73 bits per heavy atom. The Hall–Kier alpha value is -0.120. The molecule has 0 saturated heterocycles. The molecule has 0 spiro atoms. The lowest BCUT2D eigenvalue weighted by atomic mass is 10.5. The second-order valence-corrected chi connectivity index (χ2v) is 2.64. The van der Waals surface area contributed by atoms with Crippen LogP contribution in [0.4, 0.5) is 4.39 Å². The third kappa shape index (κ3) is 6.28. The van der Waals surface area contributed by atoms with Crippen molar-refractivity contribution in [2.24, 2.45) is 4.99 Å². The molecule has 0 saturated carbocycles. The Morgan fingerprint density at radius 1 is 1.82 bits per heavy atom. The number of rotatable bonds is 4. The van der Waals surface area contributed by atoms with E-state index in [-0.39, 0.29) is 11.6 Å². The van der Waals surface area contributed by atoms with Gasteiger partial charge in [-0.2, -0.15) is 4.39 Å². The number of methoxy groups -OCH3 is 1. The monoisotopic (exact) mass is 199 g/mol. The maximum Gasteiger partial charge on any atom is 0.206 e. The van der Waals surface area contributed by atoms with Crippen molar-refractivity contribution in [3.8, 4) is 0 Å². The number of nitrogens with zero attached hydrogens (tertiary/aromatic N) is 1. The Bertz CT molecular complexity index is 172. The topological polar surface area (TPSA) is 21.6 Å². The van der Waals surface area contributed by atoms with Crippen molar-refractivity contribution in [3.05, 3.63) is 12.5 Å². The van der Waals surface area contributed by atoms with E-state index in [0.717, 1.165) is 0 Å². The SMILES string of the molecule is C=C(F)/N=C(/Cl)CC(Cl)OC. The molecular weight excluding hydrogens is 192 g/mol. The summed E-state index contributed by atoms with van der Waals surface area (Å²) in [5, 5.41) is 0.0411. The van der Waals surface area contributed by atoms with E-state index in [1.807, 2.05) is 0 Å². The summed E-state index contributed by atoms with van der Waals surface area (Å²) < 4.78 is 16.6. The molecule has 0 radical (unpaired) electrons. The molecular formula is C6H8Cl2FNO. The van der Waals surface area contributed by atoms with Gasteiger partial charge < -0.3 is 4.74 Å². The first-order chi connectivity index (χ1) is 5.06. The van der Waals surface area contributed by atoms with Crippen LogP contribution in [0.25, 0.3) is 0 Å². The van der Waals surface area contributed by atoms with E-state index in [0.29, 0.717) is 0 Å². The Labute approximate surface area is 74.7 Å². The average molecular weight is 200 g/mol. The first kappa shape index (κ1) is 10.9. The van der Waals surface area contributed by atoms with Gasteiger partial charge in [0.05, 0.1) is 0 Å². The molecule has 0 N–H and O–H groups in total. The largest absolute Gasteiger partial charge is 0.365 e. The van der Waals surface area contributed by atoms with Crippen molar-refractivity contribution in [2.45, 2.75) is 12.0 Å². The van der Waals surface area contributed by atoms with Gasteiger partial charge in [-0.15, -0.1) is 0 Å². The van der Waals surface area contributed by atoms with Crippen LogP contribution in [0.5, 0.6) is 0 Å². The Morgan fingerprint density at radius 2 is 2.36 bits per heavy atom. The third-order valence-corrected chi connectivity index (χ3v) is 1.40. The minimum Gasteiger partial charge on any atom is -0.365 e. The van der Waals surface area contributed by atoms with Crippen molar-refractivity contribution in [3.63, 3.8) is 0 Å². The molecule has 0 aliphatic rings. The van der Waals surface area contributed by atoms with Gasteiger partial charge in [0, 0.05) is 13.5 Å². The Kier molecular flexibility index (Phi) is 5.46. The zero-order chi connectivity index (χ0) is 8.85. The molecule has 0 fully saturated rings. The maximum atomic E-state index is 12.0. The highest BCUT2D eigenvalue weighted by Crippen LogP contribution is 2.08. The molecule has 1 atom stereocenters. The molecule has 0 rings (SSSR count). The maximum absolute atomic E-state index is 12.0. The molecule has 0 aromatic rings. The van der Waals surface area contributed by atoms with E-state index in [1.54, 1.807) is 0 Å². The molecule has 1 unspecified atom stereocenters. The second kappa shape index (κ2) is 5.52. The van der Waals surface area contributed by atoms with Crippen molar-refractivity contribution >= 4 is 28.4 Å². The summed E-state index contributed by atoms with van der Waals surface area (Å²) in [6, 6.07) is 0. The molecule has 0 aromatic heterocycles. The molecule has 0 heterocycles. The van der Waals surface area contributed by atoms with Gasteiger partial charge in [0.15, 0.2) is 0 Å². The van der Waals surface area contributed by atoms with Gasteiger partial charge in [-0.1, -0.05) is 23.2 Å². The van der Waals surface area contributed by atoms with E-state index in [1.165, 1.54) is 7.11 Å². The van der Waals surface area contributed by atoms with Gasteiger partial charge in [0.25, 0.3) is 0 Å². The summed E-state index contributed by atoms with van der Waals surface area (Å²) in [7, 11) is 1.42. The number of alkyl halides is 1. The van der Waals surface area contributed by atoms with Crippen molar-refractivity contribution < 1.29 is 9.13 Å². The predicted octanol–water partition coefficient (Wildman–Crippen LogP) is 2.67. The highest BCUT2D eigenvalue weighted by Gasteiger charge is 2.05. The lowest BCUT2D eigenvalue weighted by Gasteiger charge is -2.03. The lowest BCUT2D eigenvalue weighted by molar-refractivity contribution is 0.173. The highest BCUT2D eigenvalue weighted by atomic mass is 35.5. The molecule has 0 amide bonds. The smallest absolute Gasteiger partial charge is 0.206 e. The van der Waals surface area contributed by atoms with Crippen molar-refractivity contribution in [1.82, 2.24) is 0 Å². The summed E-state index contributed by atoms with van der Waals surface area (Å²) in [5.41, 5.74) is -0.578. The van der Waals surface area contributed by atoms with Gasteiger partial charge in [-0.3, -0.25) is 0 Å². The second-order valence-electron chi connectivity index (χ2n) is 1.71. The summed E-state index contributed by atoms with van der Waals surface area (Å²) in [6.07, 6.45) is 0.169. The molecule has 64 valence electrons. The number of halogens is 3. The zero-order valence-electron chi connectivity index (χ0n) is 5.98. The van der Waals surface area contributed by atoms with Gasteiger partial charge in [0.1, 0.15) is 10.7 Å². The number of hydrogen-bond donors (Lipinski definition) is 0. The summed E-state index contributed by atoms with van der Waals surface area (Å²) >= 11 is 10.9. The fourth-order valence-corrected chi connectivity index (χ4v) is 0.850. The van der Waals surface area contributed by atoms with E-state index in [2.05, 4.69) is 16.3 Å². The number of ether oxygens (including phenoxy) is 1. The minimum atomic E-state index is -0.838. The van der Waals surface area contributed by atoms with Gasteiger partial charge in [0.2, 0.25) is 5.95 Å². The van der Waals surface area contributed by atoms with Crippen LogP contribution >= 0.6 is 23.2 Å². The van der Waals surface area contributed by atoms with Crippen LogP contribution in [-0.2, 0) is 4.74 Å². The summed E-state index contributed by atoms with van der Waals surface area (Å²) in [6.45, 7) is 2.91. The van der Waals surface area contributed by atoms with Crippen molar-refractivity contribution in [2.75, 3.05) is 7.11 Å². The summed E-state index contributed by atoms with van der Waals surface area (Å²) in [5.74, 6) is -0.838. The fourth-order valence-electron chi connectivity index (χ4n) is 0.393. The molecule has 5 heteroatoms. The standard InChI is InChI=1S/C6H8Cl2FNO/c1-4(9)10-5(7)3-6(8)11-2/h6H,1,3H2,2H3/b10-5+.